The molecular formula is C15H17N5O2. The topological polar surface area (TPSA) is 93.2 Å². The lowest BCUT2D eigenvalue weighted by atomic mass is 10.1. The van der Waals surface area contributed by atoms with E-state index in [4.69, 9.17) is 5.73 Å². The summed E-state index contributed by atoms with van der Waals surface area (Å²) in [4.78, 5) is 26.2. The van der Waals surface area contributed by atoms with E-state index in [1.165, 1.54) is 0 Å². The van der Waals surface area contributed by atoms with Crippen LogP contribution in [0.3, 0.4) is 0 Å². The van der Waals surface area contributed by atoms with Gasteiger partial charge in [0, 0.05) is 31.0 Å². The number of benzene rings is 1. The number of hydrogen-bond acceptors (Lipinski definition) is 4. The molecule has 0 bridgehead atoms. The van der Waals surface area contributed by atoms with Gasteiger partial charge in [-0.05, 0) is 24.6 Å². The van der Waals surface area contributed by atoms with Crippen LogP contribution in [0.1, 0.15) is 16.8 Å². The molecule has 3 N–H and O–H groups in total. The van der Waals surface area contributed by atoms with E-state index in [9.17, 15) is 9.59 Å². The molecule has 2 heterocycles. The molecule has 0 aliphatic carbocycles. The molecule has 2 amide bonds. The lowest BCUT2D eigenvalue weighted by Gasteiger charge is -2.15. The van der Waals surface area contributed by atoms with Gasteiger partial charge >= 0.3 is 0 Å². The van der Waals surface area contributed by atoms with Crippen molar-refractivity contribution >= 4 is 23.2 Å². The molecule has 1 aliphatic rings. The summed E-state index contributed by atoms with van der Waals surface area (Å²) in [5, 5.41) is 6.83. The molecule has 22 heavy (non-hydrogen) atoms. The fourth-order valence-corrected chi connectivity index (χ4v) is 2.54. The molecule has 7 heteroatoms. The molecule has 0 spiro atoms. The SMILES string of the molecule is Cn1cc(N2CCC(NC(=O)c3cccc(N)c3)C2=O)cn1. The molecular weight excluding hydrogens is 282 g/mol. The molecule has 1 aromatic heterocycles. The molecule has 2 aromatic rings. The minimum Gasteiger partial charge on any atom is -0.399 e. The number of carbonyl (C=O) groups excluding carboxylic acids is 2. The molecule has 0 radical (unpaired) electrons. The number of amides is 2. The van der Waals surface area contributed by atoms with E-state index in [1.54, 1.807) is 53.3 Å². The van der Waals surface area contributed by atoms with E-state index in [1.807, 2.05) is 0 Å². The molecule has 1 unspecified atom stereocenters. The van der Waals surface area contributed by atoms with Crippen molar-refractivity contribution < 1.29 is 9.59 Å². The van der Waals surface area contributed by atoms with Gasteiger partial charge in [-0.3, -0.25) is 14.3 Å². The molecule has 1 aromatic carbocycles. The van der Waals surface area contributed by atoms with Gasteiger partial charge < -0.3 is 16.0 Å². The van der Waals surface area contributed by atoms with Gasteiger partial charge in [0.05, 0.1) is 11.9 Å². The monoisotopic (exact) mass is 299 g/mol. The second-order valence-corrected chi connectivity index (χ2v) is 5.30. The Hall–Kier alpha value is -2.83. The first-order chi connectivity index (χ1) is 10.5. The van der Waals surface area contributed by atoms with Crippen LogP contribution in [0.25, 0.3) is 0 Å². The van der Waals surface area contributed by atoms with E-state index in [0.717, 1.165) is 5.69 Å². The summed E-state index contributed by atoms with van der Waals surface area (Å²) in [5.41, 5.74) is 7.38. The smallest absolute Gasteiger partial charge is 0.252 e. The minimum atomic E-state index is -0.519. The highest BCUT2D eigenvalue weighted by molar-refractivity contribution is 6.04. The third-order valence-corrected chi connectivity index (χ3v) is 3.66. The van der Waals surface area contributed by atoms with Crippen LogP contribution in [0.4, 0.5) is 11.4 Å². The number of nitrogen functional groups attached to an aromatic ring is 1. The Bertz CT molecular complexity index is 724. The van der Waals surface area contributed by atoms with Crippen molar-refractivity contribution in [1.29, 1.82) is 0 Å². The molecule has 1 aliphatic heterocycles. The van der Waals surface area contributed by atoms with Crippen molar-refractivity contribution in [3.05, 3.63) is 42.2 Å². The van der Waals surface area contributed by atoms with Crippen LogP contribution in [0.5, 0.6) is 0 Å². The van der Waals surface area contributed by atoms with Crippen LogP contribution in [0.15, 0.2) is 36.7 Å². The van der Waals surface area contributed by atoms with E-state index in [-0.39, 0.29) is 11.8 Å². The Morgan fingerprint density at radius 1 is 1.45 bits per heavy atom. The lowest BCUT2D eigenvalue weighted by Crippen LogP contribution is -2.41. The number of aryl methyl sites for hydroxylation is 1. The van der Waals surface area contributed by atoms with Gasteiger partial charge in [0.1, 0.15) is 6.04 Å². The third kappa shape index (κ3) is 2.65. The van der Waals surface area contributed by atoms with Gasteiger partial charge in [0.2, 0.25) is 5.91 Å². The Kier molecular flexibility index (Phi) is 3.54. The Morgan fingerprint density at radius 2 is 2.27 bits per heavy atom. The number of nitrogens with one attached hydrogen (secondary N) is 1. The first-order valence-electron chi connectivity index (χ1n) is 7.01. The summed E-state index contributed by atoms with van der Waals surface area (Å²) < 4.78 is 1.64. The van der Waals surface area contributed by atoms with Gasteiger partial charge in [-0.1, -0.05) is 6.07 Å². The molecule has 0 saturated carbocycles. The standard InChI is InChI=1S/C15H17N5O2/c1-19-9-12(8-17-19)20-6-5-13(15(20)22)18-14(21)10-3-2-4-11(16)7-10/h2-4,7-9,13H,5-6,16H2,1H3,(H,18,21). The maximum atomic E-state index is 12.4. The van der Waals surface area contributed by atoms with Crippen LogP contribution in [-0.4, -0.2) is 34.2 Å². The van der Waals surface area contributed by atoms with Crippen LogP contribution in [-0.2, 0) is 11.8 Å². The average molecular weight is 299 g/mol. The summed E-state index contributed by atoms with van der Waals surface area (Å²) in [6.45, 7) is 0.562. The number of carbonyl (C=O) groups is 2. The Labute approximate surface area is 127 Å². The highest BCUT2D eigenvalue weighted by Crippen LogP contribution is 2.21. The predicted molar refractivity (Wildman–Crippen MR) is 82.3 cm³/mol. The summed E-state index contributed by atoms with van der Waals surface area (Å²) in [6, 6.07) is 6.16. The fourth-order valence-electron chi connectivity index (χ4n) is 2.54. The van der Waals surface area contributed by atoms with Gasteiger partial charge in [0.25, 0.3) is 5.91 Å². The highest BCUT2D eigenvalue weighted by Gasteiger charge is 2.34. The number of nitrogens with zero attached hydrogens (tertiary/aromatic N) is 3. The molecule has 114 valence electrons. The summed E-state index contributed by atoms with van der Waals surface area (Å²) in [7, 11) is 1.79. The van der Waals surface area contributed by atoms with Crippen molar-refractivity contribution in [2.45, 2.75) is 12.5 Å². The van der Waals surface area contributed by atoms with Crippen molar-refractivity contribution in [2.75, 3.05) is 17.2 Å². The Morgan fingerprint density at radius 3 is 2.95 bits per heavy atom. The van der Waals surface area contributed by atoms with Gasteiger partial charge in [-0.25, -0.2) is 0 Å². The van der Waals surface area contributed by atoms with Gasteiger partial charge in [0.15, 0.2) is 0 Å². The second kappa shape index (κ2) is 5.51. The van der Waals surface area contributed by atoms with E-state index in [0.29, 0.717) is 24.2 Å². The molecule has 1 saturated heterocycles. The highest BCUT2D eigenvalue weighted by atomic mass is 16.2. The van der Waals surface area contributed by atoms with E-state index in [2.05, 4.69) is 10.4 Å². The van der Waals surface area contributed by atoms with Crippen LogP contribution < -0.4 is 16.0 Å². The van der Waals surface area contributed by atoms with Crippen molar-refractivity contribution in [1.82, 2.24) is 15.1 Å². The maximum absolute atomic E-state index is 12.4. The van der Waals surface area contributed by atoms with Gasteiger partial charge in [-0.2, -0.15) is 5.10 Å². The summed E-state index contributed by atoms with van der Waals surface area (Å²) in [6.07, 6.45) is 3.99. The van der Waals surface area contributed by atoms with Crippen LogP contribution in [0, 0.1) is 0 Å². The second-order valence-electron chi connectivity index (χ2n) is 5.30. The third-order valence-electron chi connectivity index (χ3n) is 3.66. The van der Waals surface area contributed by atoms with E-state index >= 15 is 0 Å². The largest absolute Gasteiger partial charge is 0.399 e. The minimum absolute atomic E-state index is 0.120. The van der Waals surface area contributed by atoms with Crippen LogP contribution >= 0.6 is 0 Å². The quantitative estimate of drug-likeness (QED) is 0.809. The Balaban J connectivity index is 1.69. The van der Waals surface area contributed by atoms with Crippen LogP contribution in [0.2, 0.25) is 0 Å². The van der Waals surface area contributed by atoms with Crippen molar-refractivity contribution in [3.8, 4) is 0 Å². The number of rotatable bonds is 3. The summed E-state index contributed by atoms with van der Waals surface area (Å²) in [5.74, 6) is -0.413. The first-order valence-corrected chi connectivity index (χ1v) is 7.01. The molecule has 7 nitrogen and oxygen atoms in total. The fraction of sp³-hybridized carbons (Fsp3) is 0.267. The lowest BCUT2D eigenvalue weighted by molar-refractivity contribution is -0.118. The number of aromatic nitrogens is 2. The molecule has 3 rings (SSSR count). The zero-order valence-corrected chi connectivity index (χ0v) is 12.2. The van der Waals surface area contributed by atoms with Crippen molar-refractivity contribution in [2.24, 2.45) is 7.05 Å². The number of anilines is 2. The predicted octanol–water partition coefficient (Wildman–Crippen LogP) is 0.538. The zero-order chi connectivity index (χ0) is 15.7. The molecule has 1 fully saturated rings. The number of hydrogen-bond donors (Lipinski definition) is 2. The summed E-state index contributed by atoms with van der Waals surface area (Å²) >= 11 is 0. The molecule has 1 atom stereocenters. The van der Waals surface area contributed by atoms with E-state index < -0.39 is 6.04 Å². The van der Waals surface area contributed by atoms with Gasteiger partial charge in [-0.15, -0.1) is 0 Å². The van der Waals surface area contributed by atoms with Crippen molar-refractivity contribution in [3.63, 3.8) is 0 Å². The average Bonchev–Trinajstić information content (AvgIpc) is 3.06. The normalized spacial score (nSPS) is 17.8. The zero-order valence-electron chi connectivity index (χ0n) is 12.2. The number of nitrogens with two attached hydrogens (primary N) is 1. The first kappa shape index (κ1) is 14.1. The maximum Gasteiger partial charge on any atom is 0.252 e.